The number of aromatic nitrogens is 1. The highest BCUT2D eigenvalue weighted by atomic mass is 35.5. The van der Waals surface area contributed by atoms with Gasteiger partial charge >= 0.3 is 0 Å². The zero-order valence-electron chi connectivity index (χ0n) is 14.2. The summed E-state index contributed by atoms with van der Waals surface area (Å²) >= 11 is 13.4. The third kappa shape index (κ3) is 5.10. The second-order valence-electron chi connectivity index (χ2n) is 5.97. The number of rotatable bonds is 6. The van der Waals surface area contributed by atoms with Crippen molar-refractivity contribution in [2.45, 2.75) is 23.5 Å². The molecule has 0 aliphatic heterocycles. The van der Waals surface area contributed by atoms with E-state index >= 15 is 0 Å². The number of hydrogen-bond donors (Lipinski definition) is 0. The minimum atomic E-state index is -0.326. The first kappa shape index (κ1) is 19.0. The average molecular weight is 402 g/mol. The van der Waals surface area contributed by atoms with Crippen molar-refractivity contribution in [3.8, 4) is 0 Å². The van der Waals surface area contributed by atoms with Crippen molar-refractivity contribution in [2.75, 3.05) is 0 Å². The Morgan fingerprint density at radius 2 is 1.62 bits per heavy atom. The van der Waals surface area contributed by atoms with E-state index in [2.05, 4.69) is 4.98 Å². The number of hydrogen-bond acceptors (Lipinski definition) is 3. The van der Waals surface area contributed by atoms with Crippen LogP contribution in [0, 0.1) is 6.92 Å². The fraction of sp³-hybridized carbons (Fsp3) is 0.143. The van der Waals surface area contributed by atoms with E-state index in [0.29, 0.717) is 15.7 Å². The molecule has 0 spiro atoms. The quantitative estimate of drug-likeness (QED) is 0.451. The topological polar surface area (TPSA) is 30.0 Å². The fourth-order valence-electron chi connectivity index (χ4n) is 2.49. The van der Waals surface area contributed by atoms with Crippen LogP contribution in [-0.2, 0) is 11.2 Å². The molecule has 1 unspecified atom stereocenters. The smallest absolute Gasteiger partial charge is 0.156 e. The van der Waals surface area contributed by atoms with E-state index in [4.69, 9.17) is 23.2 Å². The van der Waals surface area contributed by atoms with Crippen molar-refractivity contribution < 1.29 is 4.79 Å². The minimum absolute atomic E-state index is 0.0905. The second-order valence-corrected chi connectivity index (χ2v) is 8.02. The van der Waals surface area contributed by atoms with Crippen molar-refractivity contribution >= 4 is 40.7 Å². The number of pyridine rings is 1. The van der Waals surface area contributed by atoms with Gasteiger partial charge in [0.2, 0.25) is 0 Å². The number of halogens is 2. The lowest BCUT2D eigenvalue weighted by molar-refractivity contribution is -0.118. The van der Waals surface area contributed by atoms with Crippen LogP contribution in [0.15, 0.2) is 71.8 Å². The number of Topliss-reactive ketones (excluding diaryl/α,β-unsaturated/α-hetero) is 1. The Morgan fingerprint density at radius 3 is 2.23 bits per heavy atom. The van der Waals surface area contributed by atoms with Crippen LogP contribution >= 0.6 is 35.0 Å². The molecule has 2 aromatic carbocycles. The molecule has 0 radical (unpaired) electrons. The molecule has 1 atom stereocenters. The van der Waals surface area contributed by atoms with Crippen molar-refractivity contribution in [1.82, 2.24) is 4.98 Å². The molecule has 3 rings (SSSR count). The molecule has 3 aromatic rings. The van der Waals surface area contributed by atoms with Gasteiger partial charge in [0.25, 0.3) is 0 Å². The summed E-state index contributed by atoms with van der Waals surface area (Å²) in [5, 5.41) is 0.886. The Labute approximate surface area is 167 Å². The van der Waals surface area contributed by atoms with Gasteiger partial charge in [0.15, 0.2) is 5.78 Å². The summed E-state index contributed by atoms with van der Waals surface area (Å²) in [6.07, 6.45) is 1.82. The van der Waals surface area contributed by atoms with Gasteiger partial charge in [-0.05, 0) is 48.9 Å². The first-order chi connectivity index (χ1) is 12.5. The normalized spacial score (nSPS) is 12.0. The summed E-state index contributed by atoms with van der Waals surface area (Å²) in [6.45, 7) is 2.04. The number of carbonyl (C=O) groups excluding carboxylic acids is 1. The van der Waals surface area contributed by atoms with Gasteiger partial charge in [-0.1, -0.05) is 53.0 Å². The number of ketones is 1. The number of benzene rings is 2. The van der Waals surface area contributed by atoms with Crippen molar-refractivity contribution in [2.24, 2.45) is 0 Å². The molecule has 2 nitrogen and oxygen atoms in total. The predicted molar refractivity (Wildman–Crippen MR) is 109 cm³/mol. The standard InChI is InChI=1S/C21H17Cl2NOS/c1-14-2-10-19(11-3-14)26-21(15-4-6-16(22)7-5-15)20(25)12-18-9-8-17(23)13-24-18/h2-11,13,21H,12H2,1H3. The molecule has 1 heterocycles. The van der Waals surface area contributed by atoms with Crippen LogP contribution in [0.5, 0.6) is 0 Å². The monoisotopic (exact) mass is 401 g/mol. The summed E-state index contributed by atoms with van der Waals surface area (Å²) in [5.74, 6) is 0.0905. The summed E-state index contributed by atoms with van der Waals surface area (Å²) < 4.78 is 0. The number of thioether (sulfide) groups is 1. The first-order valence-corrected chi connectivity index (χ1v) is 9.77. The van der Waals surface area contributed by atoms with E-state index in [9.17, 15) is 4.79 Å². The van der Waals surface area contributed by atoms with Crippen LogP contribution in [0.1, 0.15) is 22.1 Å². The van der Waals surface area contributed by atoms with Gasteiger partial charge < -0.3 is 0 Å². The molecule has 26 heavy (non-hydrogen) atoms. The Bertz CT molecular complexity index is 877. The van der Waals surface area contributed by atoms with Crippen molar-refractivity contribution in [1.29, 1.82) is 0 Å². The van der Waals surface area contributed by atoms with Gasteiger partial charge in [-0.3, -0.25) is 9.78 Å². The third-order valence-electron chi connectivity index (χ3n) is 3.88. The highest BCUT2D eigenvalue weighted by Gasteiger charge is 2.22. The molecule has 1 aromatic heterocycles. The lowest BCUT2D eigenvalue weighted by atomic mass is 10.0. The van der Waals surface area contributed by atoms with Gasteiger partial charge in [0.1, 0.15) is 0 Å². The molecule has 5 heteroatoms. The third-order valence-corrected chi connectivity index (χ3v) is 5.67. The molecule has 0 saturated carbocycles. The second kappa shape index (κ2) is 8.72. The molecule has 0 fully saturated rings. The maximum absolute atomic E-state index is 13.0. The lowest BCUT2D eigenvalue weighted by Crippen LogP contribution is -2.13. The van der Waals surface area contributed by atoms with Crippen LogP contribution in [0.4, 0.5) is 0 Å². The molecular formula is C21H17Cl2NOS. The Morgan fingerprint density at radius 1 is 0.962 bits per heavy atom. The lowest BCUT2D eigenvalue weighted by Gasteiger charge is -2.16. The van der Waals surface area contributed by atoms with E-state index in [1.807, 2.05) is 55.5 Å². The van der Waals surface area contributed by atoms with Gasteiger partial charge in [0.05, 0.1) is 16.7 Å². The fourth-order valence-corrected chi connectivity index (χ4v) is 3.80. The van der Waals surface area contributed by atoms with Crippen LogP contribution in [0.25, 0.3) is 0 Å². The van der Waals surface area contributed by atoms with E-state index < -0.39 is 0 Å². The van der Waals surface area contributed by atoms with E-state index in [-0.39, 0.29) is 17.5 Å². The van der Waals surface area contributed by atoms with Gasteiger partial charge in [-0.15, -0.1) is 11.8 Å². The maximum Gasteiger partial charge on any atom is 0.156 e. The Hall–Kier alpha value is -1.81. The van der Waals surface area contributed by atoms with Gasteiger partial charge in [-0.2, -0.15) is 0 Å². The zero-order valence-corrected chi connectivity index (χ0v) is 16.5. The molecular weight excluding hydrogens is 385 g/mol. The largest absolute Gasteiger partial charge is 0.298 e. The summed E-state index contributed by atoms with van der Waals surface area (Å²) in [6, 6.07) is 19.1. The SMILES string of the molecule is Cc1ccc(SC(C(=O)Cc2ccc(Cl)cn2)c2ccc(Cl)cc2)cc1. The molecule has 0 aliphatic carbocycles. The van der Waals surface area contributed by atoms with E-state index in [1.54, 1.807) is 30.1 Å². The molecule has 132 valence electrons. The molecule has 0 bridgehead atoms. The summed E-state index contributed by atoms with van der Waals surface area (Å²) in [7, 11) is 0. The van der Waals surface area contributed by atoms with Crippen molar-refractivity contribution in [3.05, 3.63) is 93.7 Å². The number of nitrogens with zero attached hydrogens (tertiary/aromatic N) is 1. The summed E-state index contributed by atoms with van der Waals surface area (Å²) in [4.78, 5) is 18.3. The number of carbonyl (C=O) groups is 1. The molecule has 0 amide bonds. The predicted octanol–water partition coefficient (Wildman–Crippen LogP) is 6.34. The molecule has 0 aliphatic rings. The van der Waals surface area contributed by atoms with Crippen LogP contribution < -0.4 is 0 Å². The average Bonchev–Trinajstić information content (AvgIpc) is 2.64. The molecule has 0 saturated heterocycles. The van der Waals surface area contributed by atoms with Crippen LogP contribution in [-0.4, -0.2) is 10.8 Å². The maximum atomic E-state index is 13.0. The number of aryl methyl sites for hydroxylation is 1. The van der Waals surface area contributed by atoms with Gasteiger partial charge in [-0.25, -0.2) is 0 Å². The minimum Gasteiger partial charge on any atom is -0.298 e. The Balaban J connectivity index is 1.85. The first-order valence-electron chi connectivity index (χ1n) is 8.13. The highest BCUT2D eigenvalue weighted by Crippen LogP contribution is 2.37. The van der Waals surface area contributed by atoms with Gasteiger partial charge in [0, 0.05) is 21.8 Å². The highest BCUT2D eigenvalue weighted by molar-refractivity contribution is 8.00. The summed E-state index contributed by atoms with van der Waals surface area (Å²) in [5.41, 5.74) is 2.83. The van der Waals surface area contributed by atoms with Crippen molar-refractivity contribution in [3.63, 3.8) is 0 Å². The van der Waals surface area contributed by atoms with E-state index in [1.165, 1.54) is 5.56 Å². The Kier molecular flexibility index (Phi) is 6.36. The van der Waals surface area contributed by atoms with E-state index in [0.717, 1.165) is 10.5 Å². The zero-order chi connectivity index (χ0) is 18.5. The van der Waals surface area contributed by atoms with Crippen LogP contribution in [0.2, 0.25) is 10.0 Å². The molecule has 0 N–H and O–H groups in total. The van der Waals surface area contributed by atoms with Crippen LogP contribution in [0.3, 0.4) is 0 Å².